The zero-order valence-corrected chi connectivity index (χ0v) is 6.36. The summed E-state index contributed by atoms with van der Waals surface area (Å²) in [5.41, 5.74) is 2.55. The number of aliphatic hydroxyl groups is 1. The fraction of sp³-hybridized carbons (Fsp3) is 0.125. The normalized spacial score (nSPS) is 9.42. The first kappa shape index (κ1) is 8.70. The van der Waals surface area contributed by atoms with Gasteiger partial charge in [-0.25, -0.2) is 10.3 Å². The largest absolute Gasteiger partial charge is 0.368 e. The minimum absolute atomic E-state index is 0.371. The lowest BCUT2D eigenvalue weighted by Gasteiger charge is -2.01. The molecule has 0 aliphatic heterocycles. The van der Waals surface area contributed by atoms with Crippen LogP contribution in [-0.4, -0.2) is 17.8 Å². The topological polar surface area (TPSA) is 58.6 Å². The fourth-order valence-corrected chi connectivity index (χ4v) is 0.746. The summed E-state index contributed by atoms with van der Waals surface area (Å²) >= 11 is 0. The Labute approximate surface area is 69.7 Å². The second-order valence-corrected chi connectivity index (χ2v) is 2.07. The molecule has 0 aromatic heterocycles. The van der Waals surface area contributed by atoms with Crippen molar-refractivity contribution in [1.82, 2.24) is 5.48 Å². The van der Waals surface area contributed by atoms with Gasteiger partial charge < -0.3 is 5.11 Å². The van der Waals surface area contributed by atoms with E-state index in [-0.39, 0.29) is 5.91 Å². The van der Waals surface area contributed by atoms with Crippen LogP contribution in [0, 0.1) is 0 Å². The van der Waals surface area contributed by atoms with Crippen molar-refractivity contribution < 1.29 is 14.7 Å². The van der Waals surface area contributed by atoms with Crippen LogP contribution < -0.4 is 5.48 Å². The standard InChI is InChI=1S/C8H9NO3/c10-6-12-9-8(11)7-4-2-1-3-5-7/h1-5,10H,6H2,(H,9,11). The average Bonchev–Trinajstić information content (AvgIpc) is 2.15. The zero-order valence-electron chi connectivity index (χ0n) is 6.36. The fourth-order valence-electron chi connectivity index (χ4n) is 0.746. The van der Waals surface area contributed by atoms with Crippen molar-refractivity contribution >= 4 is 5.91 Å². The third-order valence-electron chi connectivity index (χ3n) is 1.27. The summed E-state index contributed by atoms with van der Waals surface area (Å²) < 4.78 is 0. The van der Waals surface area contributed by atoms with Crippen molar-refractivity contribution in [3.63, 3.8) is 0 Å². The van der Waals surface area contributed by atoms with Gasteiger partial charge in [-0.3, -0.25) is 4.79 Å². The molecule has 0 aliphatic carbocycles. The Bertz CT molecular complexity index is 248. The van der Waals surface area contributed by atoms with Gasteiger partial charge in [0.15, 0.2) is 6.79 Å². The lowest BCUT2D eigenvalue weighted by Crippen LogP contribution is -2.23. The number of nitrogens with one attached hydrogen (secondary N) is 1. The molecule has 0 unspecified atom stereocenters. The molecule has 0 saturated carbocycles. The Morgan fingerprint density at radius 1 is 1.42 bits per heavy atom. The second-order valence-electron chi connectivity index (χ2n) is 2.07. The monoisotopic (exact) mass is 167 g/mol. The number of carbonyl (C=O) groups excluding carboxylic acids is 1. The first-order valence-electron chi connectivity index (χ1n) is 3.42. The van der Waals surface area contributed by atoms with Crippen LogP contribution in [-0.2, 0) is 4.84 Å². The molecule has 4 nitrogen and oxygen atoms in total. The van der Waals surface area contributed by atoms with Gasteiger partial charge >= 0.3 is 0 Å². The maximum Gasteiger partial charge on any atom is 0.274 e. The summed E-state index contributed by atoms with van der Waals surface area (Å²) in [7, 11) is 0. The summed E-state index contributed by atoms with van der Waals surface area (Å²) in [5.74, 6) is -0.371. The Kier molecular flexibility index (Phi) is 3.25. The van der Waals surface area contributed by atoms with Gasteiger partial charge in [-0.2, -0.15) is 0 Å². The van der Waals surface area contributed by atoms with E-state index in [1.54, 1.807) is 24.3 Å². The van der Waals surface area contributed by atoms with Crippen LogP contribution in [0.3, 0.4) is 0 Å². The third-order valence-corrected chi connectivity index (χ3v) is 1.27. The smallest absolute Gasteiger partial charge is 0.274 e. The van der Waals surface area contributed by atoms with Crippen molar-refractivity contribution in [2.75, 3.05) is 6.79 Å². The molecule has 0 atom stereocenters. The Balaban J connectivity index is 2.54. The minimum Gasteiger partial charge on any atom is -0.368 e. The molecule has 12 heavy (non-hydrogen) atoms. The molecule has 1 rings (SSSR count). The number of benzene rings is 1. The van der Waals surface area contributed by atoms with Crippen molar-refractivity contribution in [3.8, 4) is 0 Å². The van der Waals surface area contributed by atoms with E-state index in [1.807, 2.05) is 6.07 Å². The Morgan fingerprint density at radius 3 is 2.67 bits per heavy atom. The van der Waals surface area contributed by atoms with Gasteiger partial charge in [-0.15, -0.1) is 0 Å². The van der Waals surface area contributed by atoms with Crippen LogP contribution in [0.15, 0.2) is 30.3 Å². The number of carbonyl (C=O) groups is 1. The molecule has 0 fully saturated rings. The maximum atomic E-state index is 11.1. The third kappa shape index (κ3) is 2.34. The van der Waals surface area contributed by atoms with Gasteiger partial charge in [-0.05, 0) is 12.1 Å². The van der Waals surface area contributed by atoms with Crippen molar-refractivity contribution in [1.29, 1.82) is 0 Å². The van der Waals surface area contributed by atoms with Gasteiger partial charge in [0, 0.05) is 5.56 Å². The summed E-state index contributed by atoms with van der Waals surface area (Å²) in [6.07, 6.45) is 0. The highest BCUT2D eigenvalue weighted by atomic mass is 16.7. The minimum atomic E-state index is -0.529. The van der Waals surface area contributed by atoms with E-state index < -0.39 is 6.79 Å². The summed E-state index contributed by atoms with van der Waals surface area (Å²) in [6, 6.07) is 8.59. The Hall–Kier alpha value is -1.39. The molecule has 0 saturated heterocycles. The number of hydrogen-bond acceptors (Lipinski definition) is 3. The highest BCUT2D eigenvalue weighted by molar-refractivity contribution is 5.93. The van der Waals surface area contributed by atoms with Crippen LogP contribution in [0.5, 0.6) is 0 Å². The molecule has 0 spiro atoms. The molecule has 1 amide bonds. The average molecular weight is 167 g/mol. The van der Waals surface area contributed by atoms with Gasteiger partial charge in [0.1, 0.15) is 0 Å². The van der Waals surface area contributed by atoms with E-state index in [2.05, 4.69) is 10.3 Å². The van der Waals surface area contributed by atoms with Crippen molar-refractivity contribution in [2.45, 2.75) is 0 Å². The predicted octanol–water partition coefficient (Wildman–Crippen LogP) is 0.298. The van der Waals surface area contributed by atoms with Crippen LogP contribution in [0.1, 0.15) is 10.4 Å². The van der Waals surface area contributed by atoms with E-state index in [4.69, 9.17) is 5.11 Å². The van der Waals surface area contributed by atoms with E-state index >= 15 is 0 Å². The molecule has 0 bridgehead atoms. The first-order valence-corrected chi connectivity index (χ1v) is 3.42. The first-order chi connectivity index (χ1) is 5.84. The van der Waals surface area contributed by atoms with Crippen molar-refractivity contribution in [3.05, 3.63) is 35.9 Å². The maximum absolute atomic E-state index is 11.1. The zero-order chi connectivity index (χ0) is 8.81. The summed E-state index contributed by atoms with van der Waals surface area (Å²) in [4.78, 5) is 15.4. The molecule has 1 aromatic rings. The van der Waals surface area contributed by atoms with Crippen molar-refractivity contribution in [2.24, 2.45) is 0 Å². The second kappa shape index (κ2) is 4.48. The van der Waals surface area contributed by atoms with E-state index in [1.165, 1.54) is 0 Å². The van der Waals surface area contributed by atoms with E-state index in [9.17, 15) is 4.79 Å². The van der Waals surface area contributed by atoms with Crippen LogP contribution in [0.4, 0.5) is 0 Å². The van der Waals surface area contributed by atoms with E-state index in [0.29, 0.717) is 5.56 Å². The van der Waals surface area contributed by atoms with Gasteiger partial charge in [0.2, 0.25) is 0 Å². The Morgan fingerprint density at radius 2 is 2.08 bits per heavy atom. The number of aliphatic hydroxyl groups excluding tert-OH is 1. The van der Waals surface area contributed by atoms with Crippen LogP contribution >= 0.6 is 0 Å². The van der Waals surface area contributed by atoms with Gasteiger partial charge in [-0.1, -0.05) is 18.2 Å². The predicted molar refractivity (Wildman–Crippen MR) is 42.1 cm³/mol. The molecule has 2 N–H and O–H groups in total. The number of hydrogen-bond donors (Lipinski definition) is 2. The molecule has 1 aromatic carbocycles. The summed E-state index contributed by atoms with van der Waals surface area (Å²) in [5, 5.41) is 8.23. The molecule has 64 valence electrons. The lowest BCUT2D eigenvalue weighted by atomic mass is 10.2. The molecule has 0 radical (unpaired) electrons. The molecule has 0 aliphatic rings. The number of amides is 1. The van der Waals surface area contributed by atoms with Gasteiger partial charge in [0.05, 0.1) is 0 Å². The summed E-state index contributed by atoms with van der Waals surface area (Å²) in [6.45, 7) is -0.529. The SMILES string of the molecule is O=C(NOCO)c1ccccc1. The van der Waals surface area contributed by atoms with Crippen LogP contribution in [0.25, 0.3) is 0 Å². The molecule has 4 heteroatoms. The molecular weight excluding hydrogens is 158 g/mol. The highest BCUT2D eigenvalue weighted by Gasteiger charge is 2.01. The quantitative estimate of drug-likeness (QED) is 0.502. The van der Waals surface area contributed by atoms with E-state index in [0.717, 1.165) is 0 Å². The highest BCUT2D eigenvalue weighted by Crippen LogP contribution is 1.96. The van der Waals surface area contributed by atoms with Gasteiger partial charge in [0.25, 0.3) is 5.91 Å². The molecular formula is C8H9NO3. The number of hydroxylamine groups is 1. The van der Waals surface area contributed by atoms with Crippen LogP contribution in [0.2, 0.25) is 0 Å². The molecule has 0 heterocycles. The number of rotatable bonds is 3. The lowest BCUT2D eigenvalue weighted by molar-refractivity contribution is -0.0497.